The molecule has 0 unspecified atom stereocenters. The van der Waals surface area contributed by atoms with Gasteiger partial charge in [0.1, 0.15) is 5.75 Å². The molecule has 1 amide bonds. The predicted molar refractivity (Wildman–Crippen MR) is 120 cm³/mol. The molecule has 9 nitrogen and oxygen atoms in total. The molecule has 2 saturated heterocycles. The molecule has 0 aromatic heterocycles. The van der Waals surface area contributed by atoms with E-state index in [9.17, 15) is 9.59 Å². The van der Waals surface area contributed by atoms with E-state index in [1.165, 1.54) is 0 Å². The van der Waals surface area contributed by atoms with Gasteiger partial charge >= 0.3 is 5.97 Å². The second-order valence-electron chi connectivity index (χ2n) is 8.80. The molecule has 3 heterocycles. The Hall–Kier alpha value is -2.07. The van der Waals surface area contributed by atoms with Crippen LogP contribution in [0.2, 0.25) is 5.02 Å². The Kier molecular flexibility index (Phi) is 7.40. The van der Waals surface area contributed by atoms with Crippen LogP contribution in [0.3, 0.4) is 0 Å². The van der Waals surface area contributed by atoms with E-state index < -0.39 is 5.97 Å². The van der Waals surface area contributed by atoms with Crippen LogP contribution in [0, 0.1) is 5.92 Å². The second-order valence-corrected chi connectivity index (χ2v) is 9.21. The number of morpholine rings is 1. The molecule has 0 spiro atoms. The fourth-order valence-corrected chi connectivity index (χ4v) is 5.01. The number of ether oxygens (including phenoxy) is 2. The highest BCUT2D eigenvalue weighted by atomic mass is 35.5. The Morgan fingerprint density at radius 2 is 2.00 bits per heavy atom. The molecule has 4 rings (SSSR count). The van der Waals surface area contributed by atoms with Crippen molar-refractivity contribution in [2.75, 3.05) is 64.8 Å². The van der Waals surface area contributed by atoms with Gasteiger partial charge in [0, 0.05) is 38.2 Å². The van der Waals surface area contributed by atoms with E-state index in [1.54, 1.807) is 6.07 Å². The fourth-order valence-electron chi connectivity index (χ4n) is 4.79. The van der Waals surface area contributed by atoms with Crippen molar-refractivity contribution in [3.63, 3.8) is 0 Å². The second kappa shape index (κ2) is 10.2. The van der Waals surface area contributed by atoms with Crippen LogP contribution in [0.25, 0.3) is 0 Å². The molecule has 0 bridgehead atoms. The van der Waals surface area contributed by atoms with Crippen LogP contribution < -0.4 is 15.8 Å². The zero-order valence-electron chi connectivity index (χ0n) is 18.1. The van der Waals surface area contributed by atoms with Gasteiger partial charge in [0.25, 0.3) is 5.91 Å². The zero-order valence-corrected chi connectivity index (χ0v) is 18.9. The molecule has 0 saturated carbocycles. The van der Waals surface area contributed by atoms with Crippen LogP contribution in [0.4, 0.5) is 5.69 Å². The first-order valence-corrected chi connectivity index (χ1v) is 11.6. The number of halogens is 1. The number of nitrogen functional groups attached to an aromatic ring is 1. The molecule has 176 valence electrons. The Morgan fingerprint density at radius 1 is 1.22 bits per heavy atom. The monoisotopic (exact) mass is 466 g/mol. The summed E-state index contributed by atoms with van der Waals surface area (Å²) in [5, 5.41) is 12.3. The van der Waals surface area contributed by atoms with Crippen molar-refractivity contribution in [1.29, 1.82) is 0 Å². The minimum absolute atomic E-state index is 0.0852. The highest BCUT2D eigenvalue weighted by Gasteiger charge is 2.28. The third kappa shape index (κ3) is 5.46. The summed E-state index contributed by atoms with van der Waals surface area (Å²) in [6.07, 6.45) is 2.58. The van der Waals surface area contributed by atoms with Crippen molar-refractivity contribution in [1.82, 2.24) is 15.1 Å². The molecular formula is C22H31ClN4O5. The summed E-state index contributed by atoms with van der Waals surface area (Å²) in [5.41, 5.74) is 7.72. The van der Waals surface area contributed by atoms with Gasteiger partial charge < -0.3 is 25.6 Å². The van der Waals surface area contributed by atoms with Crippen molar-refractivity contribution < 1.29 is 24.2 Å². The van der Waals surface area contributed by atoms with Crippen molar-refractivity contribution >= 4 is 29.2 Å². The lowest BCUT2D eigenvalue weighted by atomic mass is 9.96. The number of benzene rings is 1. The van der Waals surface area contributed by atoms with Gasteiger partial charge in [-0.25, -0.2) is 0 Å². The van der Waals surface area contributed by atoms with E-state index in [0.29, 0.717) is 54.1 Å². The number of piperidine rings is 1. The zero-order chi connectivity index (χ0) is 22.7. The van der Waals surface area contributed by atoms with Crippen LogP contribution in [0.5, 0.6) is 5.75 Å². The molecule has 4 N–H and O–H groups in total. The molecule has 3 aliphatic rings. The Morgan fingerprint density at radius 3 is 2.75 bits per heavy atom. The molecule has 1 atom stereocenters. The Labute approximate surface area is 192 Å². The van der Waals surface area contributed by atoms with Gasteiger partial charge in [0.2, 0.25) is 0 Å². The number of hydrogen-bond acceptors (Lipinski definition) is 7. The number of rotatable bonds is 7. The van der Waals surface area contributed by atoms with Crippen LogP contribution in [0.1, 0.15) is 28.8 Å². The van der Waals surface area contributed by atoms with Crippen molar-refractivity contribution in [2.24, 2.45) is 5.92 Å². The van der Waals surface area contributed by atoms with Gasteiger partial charge in [-0.1, -0.05) is 11.6 Å². The number of anilines is 1. The van der Waals surface area contributed by atoms with Crippen molar-refractivity contribution in [3.8, 4) is 5.75 Å². The van der Waals surface area contributed by atoms with Gasteiger partial charge in [-0.15, -0.1) is 0 Å². The molecule has 10 heteroatoms. The minimum Gasteiger partial charge on any atom is -0.492 e. The first-order valence-electron chi connectivity index (χ1n) is 11.2. The summed E-state index contributed by atoms with van der Waals surface area (Å²) in [7, 11) is 0. The lowest BCUT2D eigenvalue weighted by Crippen LogP contribution is -2.49. The summed E-state index contributed by atoms with van der Waals surface area (Å²) in [6, 6.07) is 1.57. The largest absolute Gasteiger partial charge is 0.492 e. The maximum Gasteiger partial charge on any atom is 0.317 e. The number of aliphatic carboxylic acids is 1. The molecule has 1 aromatic carbocycles. The first kappa shape index (κ1) is 23.1. The molecule has 0 radical (unpaired) electrons. The maximum atomic E-state index is 12.8. The van der Waals surface area contributed by atoms with Crippen molar-refractivity contribution in [3.05, 3.63) is 22.2 Å². The number of nitrogens with zero attached hydrogens (tertiary/aromatic N) is 2. The third-order valence-corrected chi connectivity index (χ3v) is 6.82. The number of carbonyl (C=O) groups excluding carboxylic acids is 1. The van der Waals surface area contributed by atoms with E-state index in [0.717, 1.165) is 51.1 Å². The van der Waals surface area contributed by atoms with Gasteiger partial charge in [-0.3, -0.25) is 19.4 Å². The summed E-state index contributed by atoms with van der Waals surface area (Å²) in [6.45, 7) is 5.92. The average Bonchev–Trinajstić information content (AvgIpc) is 3.26. The SMILES string of the molecule is Nc1c(Cl)cc(C(=O)NC[C@H]2CN(CC3CCN(CC(=O)O)CC3)CCO2)c2c1CCO2. The average molecular weight is 467 g/mol. The van der Waals surface area contributed by atoms with Gasteiger partial charge in [0.15, 0.2) is 0 Å². The van der Waals surface area contributed by atoms with Crippen LogP contribution in [0.15, 0.2) is 6.07 Å². The molecule has 1 aromatic rings. The summed E-state index contributed by atoms with van der Waals surface area (Å²) >= 11 is 6.21. The lowest BCUT2D eigenvalue weighted by Gasteiger charge is -2.37. The topological polar surface area (TPSA) is 117 Å². The molecule has 0 aliphatic carbocycles. The first-order chi connectivity index (χ1) is 15.4. The third-order valence-electron chi connectivity index (χ3n) is 6.51. The molecule has 2 fully saturated rings. The molecule has 32 heavy (non-hydrogen) atoms. The lowest BCUT2D eigenvalue weighted by molar-refractivity contribution is -0.138. The quantitative estimate of drug-likeness (QED) is 0.511. The van der Waals surface area contributed by atoms with E-state index in [-0.39, 0.29) is 18.6 Å². The van der Waals surface area contributed by atoms with Crippen molar-refractivity contribution in [2.45, 2.75) is 25.4 Å². The number of carboxylic acids is 1. The number of fused-ring (bicyclic) bond motifs is 1. The number of nitrogens with two attached hydrogens (primary N) is 1. The van der Waals surface area contributed by atoms with Crippen LogP contribution in [-0.2, 0) is 16.0 Å². The summed E-state index contributed by atoms with van der Waals surface area (Å²) < 4.78 is 11.5. The Balaban J connectivity index is 1.26. The van der Waals surface area contributed by atoms with E-state index >= 15 is 0 Å². The highest BCUT2D eigenvalue weighted by molar-refractivity contribution is 6.33. The standard InChI is InChI=1S/C22H31ClN4O5/c23-18-9-17(21-16(20(18)24)3-7-32-21)22(30)25-10-15-12-27(6-8-31-15)11-14-1-4-26(5-2-14)13-19(28)29/h9,14-15H,1-8,10-13,24H2,(H,25,30)(H,28,29)/t15-/m0/s1. The number of likely N-dealkylation sites (tertiary alicyclic amines) is 1. The number of nitrogens with one attached hydrogen (secondary N) is 1. The van der Waals surface area contributed by atoms with Gasteiger partial charge in [-0.2, -0.15) is 0 Å². The van der Waals surface area contributed by atoms with Crippen LogP contribution >= 0.6 is 11.6 Å². The van der Waals surface area contributed by atoms with E-state index in [1.807, 2.05) is 4.90 Å². The Bertz CT molecular complexity index is 859. The van der Waals surface area contributed by atoms with Crippen LogP contribution in [-0.4, -0.2) is 91.9 Å². The van der Waals surface area contributed by atoms with E-state index in [4.69, 9.17) is 31.9 Å². The number of carboxylic acid groups (broad SMARTS) is 1. The number of amides is 1. The highest BCUT2D eigenvalue weighted by Crippen LogP contribution is 2.38. The molecular weight excluding hydrogens is 436 g/mol. The smallest absolute Gasteiger partial charge is 0.317 e. The minimum atomic E-state index is -0.765. The van der Waals surface area contributed by atoms with Gasteiger partial charge in [0.05, 0.1) is 42.1 Å². The summed E-state index contributed by atoms with van der Waals surface area (Å²) in [4.78, 5) is 28.1. The summed E-state index contributed by atoms with van der Waals surface area (Å²) in [5.74, 6) is 0.0886. The molecule has 3 aliphatic heterocycles. The normalized spacial score (nSPS) is 22.3. The maximum absolute atomic E-state index is 12.8. The predicted octanol–water partition coefficient (Wildman–Crippen LogP) is 1.08. The van der Waals surface area contributed by atoms with Gasteiger partial charge in [-0.05, 0) is 37.9 Å². The van der Waals surface area contributed by atoms with E-state index in [2.05, 4.69) is 10.2 Å². The number of hydrogen-bond donors (Lipinski definition) is 3. The number of carbonyl (C=O) groups is 2. The fraction of sp³-hybridized carbons (Fsp3) is 0.636.